The Labute approximate surface area is 114 Å². The van der Waals surface area contributed by atoms with Gasteiger partial charge in [-0.3, -0.25) is 0 Å². The number of amides is 1. The van der Waals surface area contributed by atoms with E-state index in [1.54, 1.807) is 0 Å². The molecule has 0 aromatic heterocycles. The van der Waals surface area contributed by atoms with E-state index in [2.05, 4.69) is 17.2 Å². The number of hydrogen-bond donors (Lipinski definition) is 2. The number of alkyl carbamates (subject to hydrolysis) is 1. The molecular formula is C15H20N2O2. The molecule has 1 amide bonds. The number of ether oxygens (including phenoxy) is 1. The first-order valence-corrected chi connectivity index (χ1v) is 6.16. The van der Waals surface area contributed by atoms with Gasteiger partial charge in [-0.15, -0.1) is 0 Å². The largest absolute Gasteiger partial charge is 0.444 e. The minimum Gasteiger partial charge on any atom is -0.444 e. The van der Waals surface area contributed by atoms with E-state index >= 15 is 0 Å². The predicted octanol–water partition coefficient (Wildman–Crippen LogP) is 2.02. The van der Waals surface area contributed by atoms with Gasteiger partial charge in [-0.2, -0.15) is 0 Å². The predicted molar refractivity (Wildman–Crippen MR) is 75.4 cm³/mol. The molecule has 4 heteroatoms. The molecule has 0 heterocycles. The zero-order valence-electron chi connectivity index (χ0n) is 11.6. The summed E-state index contributed by atoms with van der Waals surface area (Å²) in [4.78, 5) is 11.4. The highest BCUT2D eigenvalue weighted by atomic mass is 16.6. The molecule has 1 rings (SSSR count). The van der Waals surface area contributed by atoms with Gasteiger partial charge in [0.05, 0.1) is 6.54 Å². The van der Waals surface area contributed by atoms with Crippen LogP contribution in [0.25, 0.3) is 0 Å². The number of hydrogen-bond acceptors (Lipinski definition) is 3. The number of rotatable bonds is 2. The summed E-state index contributed by atoms with van der Waals surface area (Å²) in [6.07, 6.45) is -0.464. The fraction of sp³-hybridized carbons (Fsp3) is 0.400. The van der Waals surface area contributed by atoms with Gasteiger partial charge in [0.1, 0.15) is 5.60 Å². The second-order valence-electron chi connectivity index (χ2n) is 5.02. The average Bonchev–Trinajstić information content (AvgIpc) is 2.33. The molecule has 0 aliphatic heterocycles. The number of carbonyl (C=O) groups is 1. The van der Waals surface area contributed by atoms with Crippen LogP contribution >= 0.6 is 0 Å². The van der Waals surface area contributed by atoms with Gasteiger partial charge >= 0.3 is 6.09 Å². The van der Waals surface area contributed by atoms with Gasteiger partial charge in [0.25, 0.3) is 0 Å². The van der Waals surface area contributed by atoms with Crippen molar-refractivity contribution in [2.75, 3.05) is 6.54 Å². The standard InChI is InChI=1S/C15H20N2O2/c1-15(2,3)19-14(18)17-10-6-9-12-7-4-5-8-13(12)11-16/h4-5,7-8H,10-11,16H2,1-3H3,(H,17,18). The number of carbonyl (C=O) groups excluding carboxylic acids is 1. The monoisotopic (exact) mass is 260 g/mol. The van der Waals surface area contributed by atoms with E-state index in [1.807, 2.05) is 45.0 Å². The van der Waals surface area contributed by atoms with Crippen molar-refractivity contribution in [3.8, 4) is 11.8 Å². The van der Waals surface area contributed by atoms with Crippen molar-refractivity contribution in [3.63, 3.8) is 0 Å². The van der Waals surface area contributed by atoms with Crippen LogP contribution in [0.5, 0.6) is 0 Å². The molecule has 0 aliphatic rings. The van der Waals surface area contributed by atoms with Crippen molar-refractivity contribution in [2.24, 2.45) is 5.73 Å². The lowest BCUT2D eigenvalue weighted by atomic mass is 10.1. The van der Waals surface area contributed by atoms with Gasteiger partial charge in [0.15, 0.2) is 0 Å². The molecule has 0 atom stereocenters. The normalized spacial score (nSPS) is 10.3. The summed E-state index contributed by atoms with van der Waals surface area (Å²) in [6, 6.07) is 7.67. The first kappa shape index (κ1) is 15.1. The fourth-order valence-corrected chi connectivity index (χ4v) is 1.39. The molecule has 1 aromatic carbocycles. The second kappa shape index (κ2) is 6.81. The third kappa shape index (κ3) is 5.94. The highest BCUT2D eigenvalue weighted by Gasteiger charge is 2.14. The molecule has 1 aromatic rings. The Hall–Kier alpha value is -1.99. The van der Waals surface area contributed by atoms with Crippen LogP contribution in [-0.4, -0.2) is 18.2 Å². The number of nitrogens with one attached hydrogen (secondary N) is 1. The summed E-state index contributed by atoms with van der Waals surface area (Å²) in [5.74, 6) is 5.86. The van der Waals surface area contributed by atoms with E-state index in [0.29, 0.717) is 6.54 Å². The molecule has 0 radical (unpaired) electrons. The van der Waals surface area contributed by atoms with Gasteiger partial charge < -0.3 is 15.8 Å². The van der Waals surface area contributed by atoms with Crippen molar-refractivity contribution < 1.29 is 9.53 Å². The smallest absolute Gasteiger partial charge is 0.408 e. The van der Waals surface area contributed by atoms with Crippen molar-refractivity contribution in [3.05, 3.63) is 35.4 Å². The Kier molecular flexibility index (Phi) is 5.40. The Morgan fingerprint density at radius 2 is 2.05 bits per heavy atom. The SMILES string of the molecule is CC(C)(C)OC(=O)NCC#Cc1ccccc1CN. The molecule has 0 unspecified atom stereocenters. The second-order valence-corrected chi connectivity index (χ2v) is 5.02. The lowest BCUT2D eigenvalue weighted by molar-refractivity contribution is 0.0535. The van der Waals surface area contributed by atoms with E-state index in [-0.39, 0.29) is 6.54 Å². The van der Waals surface area contributed by atoms with E-state index in [4.69, 9.17) is 10.5 Å². The summed E-state index contributed by atoms with van der Waals surface area (Å²) in [5, 5.41) is 2.58. The third-order valence-electron chi connectivity index (χ3n) is 2.18. The van der Waals surface area contributed by atoms with E-state index < -0.39 is 11.7 Å². The first-order chi connectivity index (χ1) is 8.92. The van der Waals surface area contributed by atoms with Gasteiger partial charge in [-0.25, -0.2) is 4.79 Å². The summed E-state index contributed by atoms with van der Waals surface area (Å²) < 4.78 is 5.10. The average molecular weight is 260 g/mol. The minimum absolute atomic E-state index is 0.244. The zero-order valence-corrected chi connectivity index (χ0v) is 11.6. The van der Waals surface area contributed by atoms with Crippen molar-refractivity contribution in [1.29, 1.82) is 0 Å². The van der Waals surface area contributed by atoms with Crippen LogP contribution in [0.4, 0.5) is 4.79 Å². The molecular weight excluding hydrogens is 240 g/mol. The van der Waals surface area contributed by atoms with E-state index in [9.17, 15) is 4.79 Å². The van der Waals surface area contributed by atoms with Crippen molar-refractivity contribution >= 4 is 6.09 Å². The number of nitrogens with two attached hydrogens (primary N) is 1. The van der Waals surface area contributed by atoms with Crippen LogP contribution in [0.3, 0.4) is 0 Å². The molecule has 4 nitrogen and oxygen atoms in total. The topological polar surface area (TPSA) is 64.3 Å². The highest BCUT2D eigenvalue weighted by Crippen LogP contribution is 2.06. The van der Waals surface area contributed by atoms with Crippen LogP contribution < -0.4 is 11.1 Å². The summed E-state index contributed by atoms with van der Waals surface area (Å²) in [5.41, 5.74) is 7.00. The lowest BCUT2D eigenvalue weighted by Gasteiger charge is -2.19. The maximum Gasteiger partial charge on any atom is 0.408 e. The molecule has 0 bridgehead atoms. The van der Waals surface area contributed by atoms with E-state index in [1.165, 1.54) is 0 Å². The number of benzene rings is 1. The maximum absolute atomic E-state index is 11.4. The quantitative estimate of drug-likeness (QED) is 0.800. The lowest BCUT2D eigenvalue weighted by Crippen LogP contribution is -2.32. The van der Waals surface area contributed by atoms with Crippen molar-refractivity contribution in [2.45, 2.75) is 32.9 Å². The molecule has 0 saturated heterocycles. The zero-order chi connectivity index (χ0) is 14.3. The van der Waals surface area contributed by atoms with Crippen LogP contribution in [0, 0.1) is 11.8 Å². The third-order valence-corrected chi connectivity index (χ3v) is 2.18. The fourth-order valence-electron chi connectivity index (χ4n) is 1.39. The summed E-state index contributed by atoms with van der Waals surface area (Å²) >= 11 is 0. The minimum atomic E-state index is -0.496. The Balaban J connectivity index is 2.50. The van der Waals surface area contributed by atoms with Crippen LogP contribution in [0.15, 0.2) is 24.3 Å². The first-order valence-electron chi connectivity index (χ1n) is 6.16. The molecule has 0 spiro atoms. The summed E-state index contributed by atoms with van der Waals surface area (Å²) in [7, 11) is 0. The molecule has 0 fully saturated rings. The van der Waals surface area contributed by atoms with Gasteiger partial charge in [-0.05, 0) is 32.4 Å². The van der Waals surface area contributed by atoms with Gasteiger partial charge in [-0.1, -0.05) is 30.0 Å². The molecule has 0 saturated carbocycles. The van der Waals surface area contributed by atoms with Crippen LogP contribution in [-0.2, 0) is 11.3 Å². The van der Waals surface area contributed by atoms with Crippen LogP contribution in [0.1, 0.15) is 31.9 Å². The van der Waals surface area contributed by atoms with Crippen LogP contribution in [0.2, 0.25) is 0 Å². The molecule has 3 N–H and O–H groups in total. The Morgan fingerprint density at radius 3 is 2.68 bits per heavy atom. The van der Waals surface area contributed by atoms with Crippen molar-refractivity contribution in [1.82, 2.24) is 5.32 Å². The highest BCUT2D eigenvalue weighted by molar-refractivity contribution is 5.68. The molecule has 102 valence electrons. The Morgan fingerprint density at radius 1 is 1.37 bits per heavy atom. The Bertz CT molecular complexity index is 493. The maximum atomic E-state index is 11.4. The molecule has 0 aliphatic carbocycles. The van der Waals surface area contributed by atoms with Gasteiger partial charge in [0.2, 0.25) is 0 Å². The van der Waals surface area contributed by atoms with Gasteiger partial charge in [0, 0.05) is 12.1 Å². The van der Waals surface area contributed by atoms with E-state index in [0.717, 1.165) is 11.1 Å². The molecule has 19 heavy (non-hydrogen) atoms. The summed E-state index contributed by atoms with van der Waals surface area (Å²) in [6.45, 7) is 6.14.